The van der Waals surface area contributed by atoms with Gasteiger partial charge < -0.3 is 4.74 Å². The highest BCUT2D eigenvalue weighted by atomic mass is 35.5. The Labute approximate surface area is 87.4 Å². The number of hydrogen-bond acceptors (Lipinski definition) is 2. The Bertz CT molecular complexity index is 286. The first-order chi connectivity index (χ1) is 6.36. The van der Waals surface area contributed by atoms with Crippen LogP contribution in [0.5, 0.6) is 0 Å². The van der Waals surface area contributed by atoms with Gasteiger partial charge in [-0.15, -0.1) is 11.8 Å². The van der Waals surface area contributed by atoms with Crippen LogP contribution in [-0.4, -0.2) is 19.0 Å². The first kappa shape index (κ1) is 9.38. The number of rotatable bonds is 3. The first-order valence-electron chi connectivity index (χ1n) is 4.31. The Morgan fingerprint density at radius 1 is 1.38 bits per heavy atom. The van der Waals surface area contributed by atoms with Crippen molar-refractivity contribution in [2.45, 2.75) is 4.90 Å². The van der Waals surface area contributed by atoms with E-state index in [0.29, 0.717) is 0 Å². The smallest absolute Gasteiger partial charge is 0.0541 e. The summed E-state index contributed by atoms with van der Waals surface area (Å²) in [4.78, 5) is 1.18. The van der Waals surface area contributed by atoms with E-state index in [2.05, 4.69) is 6.07 Å². The Morgan fingerprint density at radius 3 is 2.77 bits per heavy atom. The lowest BCUT2D eigenvalue weighted by atomic mass is 10.1. The zero-order valence-electron chi connectivity index (χ0n) is 7.20. The molecule has 0 radical (unpaired) electrons. The van der Waals surface area contributed by atoms with E-state index < -0.39 is 0 Å². The second-order valence-corrected chi connectivity index (χ2v) is 4.61. The van der Waals surface area contributed by atoms with Crippen molar-refractivity contribution >= 4 is 23.4 Å². The van der Waals surface area contributed by atoms with Crippen LogP contribution in [0.15, 0.2) is 29.2 Å². The summed E-state index contributed by atoms with van der Waals surface area (Å²) in [6, 6.07) is 7.97. The summed E-state index contributed by atoms with van der Waals surface area (Å²) in [5.41, 5.74) is 0. The van der Waals surface area contributed by atoms with Crippen LogP contribution in [0.25, 0.3) is 0 Å². The molecule has 0 unspecified atom stereocenters. The molecule has 70 valence electrons. The minimum atomic E-state index is 0.723. The van der Waals surface area contributed by atoms with Gasteiger partial charge in [0, 0.05) is 16.6 Å². The van der Waals surface area contributed by atoms with Crippen LogP contribution in [0, 0.1) is 5.92 Å². The highest BCUT2D eigenvalue weighted by Crippen LogP contribution is 2.29. The molecular formula is C10H11ClOS. The molecule has 0 atom stereocenters. The maximum atomic E-state index is 6.02. The largest absolute Gasteiger partial charge is 0.381 e. The number of thioether (sulfide) groups is 1. The van der Waals surface area contributed by atoms with E-state index in [4.69, 9.17) is 16.3 Å². The Balaban J connectivity index is 1.89. The molecule has 13 heavy (non-hydrogen) atoms. The monoisotopic (exact) mass is 214 g/mol. The van der Waals surface area contributed by atoms with Crippen LogP contribution in [0.2, 0.25) is 5.02 Å². The predicted octanol–water partition coefficient (Wildman–Crippen LogP) is 3.08. The predicted molar refractivity (Wildman–Crippen MR) is 56.5 cm³/mol. The Hall–Kier alpha value is -0.180. The zero-order chi connectivity index (χ0) is 9.10. The summed E-state index contributed by atoms with van der Waals surface area (Å²) in [5, 5.41) is 0.854. The molecule has 1 aliphatic rings. The van der Waals surface area contributed by atoms with Crippen LogP contribution < -0.4 is 0 Å². The second kappa shape index (κ2) is 4.36. The number of ether oxygens (including phenoxy) is 1. The fraction of sp³-hybridized carbons (Fsp3) is 0.400. The van der Waals surface area contributed by atoms with E-state index in [-0.39, 0.29) is 0 Å². The second-order valence-electron chi connectivity index (χ2n) is 3.14. The van der Waals surface area contributed by atoms with Crippen molar-refractivity contribution in [1.82, 2.24) is 0 Å². The zero-order valence-corrected chi connectivity index (χ0v) is 8.77. The summed E-state index contributed by atoms with van der Waals surface area (Å²) in [5.74, 6) is 1.84. The molecule has 1 nitrogen and oxygen atoms in total. The van der Waals surface area contributed by atoms with E-state index in [1.807, 2.05) is 30.0 Å². The number of hydrogen-bond donors (Lipinski definition) is 0. The molecule has 1 heterocycles. The molecule has 1 fully saturated rings. The molecule has 2 rings (SSSR count). The minimum absolute atomic E-state index is 0.723. The van der Waals surface area contributed by atoms with Crippen molar-refractivity contribution in [2.24, 2.45) is 5.92 Å². The summed E-state index contributed by atoms with van der Waals surface area (Å²) >= 11 is 7.84. The first-order valence-corrected chi connectivity index (χ1v) is 5.67. The van der Waals surface area contributed by atoms with Crippen molar-refractivity contribution in [3.8, 4) is 0 Å². The number of halogens is 1. The average molecular weight is 215 g/mol. The van der Waals surface area contributed by atoms with Gasteiger partial charge in [-0.3, -0.25) is 0 Å². The molecule has 0 saturated carbocycles. The van der Waals surface area contributed by atoms with E-state index in [9.17, 15) is 0 Å². The van der Waals surface area contributed by atoms with Crippen molar-refractivity contribution in [1.29, 1.82) is 0 Å². The molecule has 0 amide bonds. The molecule has 0 spiro atoms. The molecule has 0 N–H and O–H groups in total. The van der Waals surface area contributed by atoms with Crippen LogP contribution in [0.1, 0.15) is 0 Å². The van der Waals surface area contributed by atoms with Crippen molar-refractivity contribution in [3.05, 3.63) is 29.3 Å². The quantitative estimate of drug-likeness (QED) is 0.716. The van der Waals surface area contributed by atoms with E-state index in [0.717, 1.165) is 29.9 Å². The van der Waals surface area contributed by atoms with Crippen LogP contribution in [-0.2, 0) is 4.74 Å². The summed E-state index contributed by atoms with van der Waals surface area (Å²) in [6.45, 7) is 1.83. The van der Waals surface area contributed by atoms with Gasteiger partial charge >= 0.3 is 0 Å². The van der Waals surface area contributed by atoms with E-state index in [1.165, 1.54) is 4.90 Å². The SMILES string of the molecule is Clc1ccccc1SCC1COC1. The maximum Gasteiger partial charge on any atom is 0.0541 e. The third kappa shape index (κ3) is 2.39. The fourth-order valence-corrected chi connectivity index (χ4v) is 2.44. The van der Waals surface area contributed by atoms with Gasteiger partial charge in [0.05, 0.1) is 18.2 Å². The summed E-state index contributed by atoms with van der Waals surface area (Å²) < 4.78 is 5.11. The Kier molecular flexibility index (Phi) is 3.14. The fourth-order valence-electron chi connectivity index (χ4n) is 1.15. The molecule has 0 aromatic heterocycles. The van der Waals surface area contributed by atoms with Gasteiger partial charge in [0.2, 0.25) is 0 Å². The summed E-state index contributed by atoms with van der Waals surface area (Å²) in [7, 11) is 0. The van der Waals surface area contributed by atoms with E-state index in [1.54, 1.807) is 0 Å². The molecule has 1 aliphatic heterocycles. The lowest BCUT2D eigenvalue weighted by Gasteiger charge is -2.25. The Morgan fingerprint density at radius 2 is 2.15 bits per heavy atom. The van der Waals surface area contributed by atoms with Gasteiger partial charge in [0.15, 0.2) is 0 Å². The van der Waals surface area contributed by atoms with Gasteiger partial charge in [-0.1, -0.05) is 23.7 Å². The third-order valence-corrected chi connectivity index (χ3v) is 3.77. The molecule has 1 aromatic rings. The molecular weight excluding hydrogens is 204 g/mol. The lowest BCUT2D eigenvalue weighted by Crippen LogP contribution is -2.29. The molecule has 3 heteroatoms. The van der Waals surface area contributed by atoms with Gasteiger partial charge in [-0.2, -0.15) is 0 Å². The van der Waals surface area contributed by atoms with Crippen LogP contribution in [0.4, 0.5) is 0 Å². The minimum Gasteiger partial charge on any atom is -0.381 e. The lowest BCUT2D eigenvalue weighted by molar-refractivity contribution is -0.0196. The standard InChI is InChI=1S/C10H11ClOS/c11-9-3-1-2-4-10(9)13-7-8-5-12-6-8/h1-4,8H,5-7H2. The normalized spacial score (nSPS) is 17.0. The average Bonchev–Trinajstić information content (AvgIpc) is 2.05. The summed E-state index contributed by atoms with van der Waals surface area (Å²) in [6.07, 6.45) is 0. The van der Waals surface area contributed by atoms with Crippen LogP contribution >= 0.6 is 23.4 Å². The van der Waals surface area contributed by atoms with Gasteiger partial charge in [0.1, 0.15) is 0 Å². The maximum absolute atomic E-state index is 6.02. The topological polar surface area (TPSA) is 9.23 Å². The molecule has 0 bridgehead atoms. The molecule has 0 aliphatic carbocycles. The van der Waals surface area contributed by atoms with Crippen LogP contribution in [0.3, 0.4) is 0 Å². The van der Waals surface area contributed by atoms with Gasteiger partial charge in [0.25, 0.3) is 0 Å². The van der Waals surface area contributed by atoms with Crippen molar-refractivity contribution < 1.29 is 4.74 Å². The molecule has 1 saturated heterocycles. The van der Waals surface area contributed by atoms with Crippen molar-refractivity contribution in [2.75, 3.05) is 19.0 Å². The highest BCUT2D eigenvalue weighted by Gasteiger charge is 2.18. The number of benzene rings is 1. The van der Waals surface area contributed by atoms with E-state index >= 15 is 0 Å². The highest BCUT2D eigenvalue weighted by molar-refractivity contribution is 7.99. The van der Waals surface area contributed by atoms with Gasteiger partial charge in [-0.25, -0.2) is 0 Å². The molecule has 1 aromatic carbocycles. The van der Waals surface area contributed by atoms with Gasteiger partial charge in [-0.05, 0) is 12.1 Å². The van der Waals surface area contributed by atoms with Crippen molar-refractivity contribution in [3.63, 3.8) is 0 Å². The third-order valence-electron chi connectivity index (χ3n) is 2.02.